The quantitative estimate of drug-likeness (QED) is 0.412. The Morgan fingerprint density at radius 2 is 1.94 bits per heavy atom. The van der Waals surface area contributed by atoms with Crippen LogP contribution in [0.25, 0.3) is 10.9 Å². The Bertz CT molecular complexity index is 1290. The number of benzene rings is 1. The Hall–Kier alpha value is -2.92. The molecule has 35 heavy (non-hydrogen) atoms. The van der Waals surface area contributed by atoms with E-state index in [0.717, 1.165) is 6.20 Å². The SMILES string of the molecule is CC(C)(C)O/N=C1\CN(c2c(F)c(N)c3c(=O)c(C(=O)O)cn(C4CC4)c3c2F)CC1(C)CN.Cl. The molecule has 1 unspecified atom stereocenters. The van der Waals surface area contributed by atoms with E-state index in [2.05, 4.69) is 5.16 Å². The van der Waals surface area contributed by atoms with Crippen LogP contribution in [-0.4, -0.2) is 46.6 Å². The monoisotopic (exact) mass is 513 g/mol. The number of nitrogen functional groups attached to an aromatic ring is 1. The van der Waals surface area contributed by atoms with Gasteiger partial charge in [0.05, 0.1) is 28.8 Å². The summed E-state index contributed by atoms with van der Waals surface area (Å²) in [6.07, 6.45) is 2.48. The number of carboxylic acids is 1. The molecule has 2 heterocycles. The van der Waals surface area contributed by atoms with Gasteiger partial charge in [0.1, 0.15) is 16.9 Å². The average molecular weight is 514 g/mol. The van der Waals surface area contributed by atoms with Gasteiger partial charge in [-0.1, -0.05) is 12.1 Å². The molecule has 2 aromatic rings. The van der Waals surface area contributed by atoms with Crippen LogP contribution in [0, 0.1) is 17.0 Å². The van der Waals surface area contributed by atoms with Crippen molar-refractivity contribution in [1.29, 1.82) is 0 Å². The van der Waals surface area contributed by atoms with Crippen molar-refractivity contribution in [2.45, 2.75) is 52.2 Å². The highest BCUT2D eigenvalue weighted by molar-refractivity contribution is 6.02. The summed E-state index contributed by atoms with van der Waals surface area (Å²) in [5.41, 5.74) is 8.48. The highest BCUT2D eigenvalue weighted by Gasteiger charge is 2.43. The van der Waals surface area contributed by atoms with Gasteiger partial charge in [0.25, 0.3) is 0 Å². The summed E-state index contributed by atoms with van der Waals surface area (Å²) in [5, 5.41) is 13.2. The van der Waals surface area contributed by atoms with E-state index in [0.29, 0.717) is 18.6 Å². The number of halogens is 3. The number of nitrogens with two attached hydrogens (primary N) is 2. The zero-order valence-corrected chi connectivity index (χ0v) is 20.8. The number of anilines is 2. The van der Waals surface area contributed by atoms with E-state index in [1.54, 1.807) is 0 Å². The van der Waals surface area contributed by atoms with Crippen molar-refractivity contribution in [2.24, 2.45) is 16.3 Å². The van der Waals surface area contributed by atoms with Crippen LogP contribution in [0.15, 0.2) is 16.1 Å². The highest BCUT2D eigenvalue weighted by atomic mass is 35.5. The number of hydrogen-bond acceptors (Lipinski definition) is 7. The molecule has 0 amide bonds. The summed E-state index contributed by atoms with van der Waals surface area (Å²) < 4.78 is 33.0. The van der Waals surface area contributed by atoms with Gasteiger partial charge in [-0.2, -0.15) is 0 Å². The Morgan fingerprint density at radius 1 is 1.31 bits per heavy atom. The fourth-order valence-corrected chi connectivity index (χ4v) is 4.23. The lowest BCUT2D eigenvalue weighted by atomic mass is 9.88. The number of fused-ring (bicyclic) bond motifs is 1. The van der Waals surface area contributed by atoms with Crippen molar-refractivity contribution in [2.75, 3.05) is 30.3 Å². The zero-order chi connectivity index (χ0) is 25.2. The molecule has 9 nitrogen and oxygen atoms in total. The number of pyridine rings is 1. The maximum absolute atomic E-state index is 16.0. The van der Waals surface area contributed by atoms with Crippen LogP contribution in [0.5, 0.6) is 0 Å². The summed E-state index contributed by atoms with van der Waals surface area (Å²) in [4.78, 5) is 31.4. The van der Waals surface area contributed by atoms with E-state index in [1.165, 1.54) is 9.47 Å². The normalized spacial score (nSPS) is 21.5. The first-order chi connectivity index (χ1) is 15.8. The van der Waals surface area contributed by atoms with Crippen LogP contribution >= 0.6 is 12.4 Å². The van der Waals surface area contributed by atoms with Gasteiger partial charge in [0.15, 0.2) is 11.6 Å². The third-order valence-corrected chi connectivity index (χ3v) is 6.31. The lowest BCUT2D eigenvalue weighted by Crippen LogP contribution is -2.36. The fourth-order valence-electron chi connectivity index (χ4n) is 4.23. The standard InChI is InChI=1S/C23H29F2N5O4.ClH/c1-22(2,3)34-28-13-8-29(10-23(13,4)9-26)19-15(24)17(27)14-18(16(19)25)30(11-5-6-11)7-12(20(14)31)21(32)33;/h7,11H,5-6,8-10,26-27H2,1-4H3,(H,32,33);1H/b28-13+;. The molecule has 0 radical (unpaired) electrons. The van der Waals surface area contributed by atoms with Gasteiger partial charge in [-0.15, -0.1) is 12.4 Å². The Morgan fingerprint density at radius 3 is 2.46 bits per heavy atom. The van der Waals surface area contributed by atoms with Crippen LogP contribution in [0.1, 0.15) is 56.9 Å². The van der Waals surface area contributed by atoms with E-state index < -0.39 is 56.4 Å². The second-order valence-corrected chi connectivity index (χ2v) is 10.3. The van der Waals surface area contributed by atoms with Gasteiger partial charge in [-0.25, -0.2) is 13.6 Å². The molecule has 5 N–H and O–H groups in total. The van der Waals surface area contributed by atoms with E-state index in [9.17, 15) is 14.7 Å². The van der Waals surface area contributed by atoms with Crippen LogP contribution in [0.2, 0.25) is 0 Å². The highest BCUT2D eigenvalue weighted by Crippen LogP contribution is 2.43. The first-order valence-electron chi connectivity index (χ1n) is 11.1. The summed E-state index contributed by atoms with van der Waals surface area (Å²) >= 11 is 0. The summed E-state index contributed by atoms with van der Waals surface area (Å²) in [6.45, 7) is 7.67. The van der Waals surface area contributed by atoms with Gasteiger partial charge in [0.2, 0.25) is 5.43 Å². The smallest absolute Gasteiger partial charge is 0.341 e. The Labute approximate surface area is 207 Å². The molecule has 1 aliphatic heterocycles. The third-order valence-electron chi connectivity index (χ3n) is 6.31. The summed E-state index contributed by atoms with van der Waals surface area (Å²) in [7, 11) is 0. The minimum absolute atomic E-state index is 0. The summed E-state index contributed by atoms with van der Waals surface area (Å²) in [6, 6.07) is -0.196. The van der Waals surface area contributed by atoms with Crippen LogP contribution < -0.4 is 21.8 Å². The summed E-state index contributed by atoms with van der Waals surface area (Å²) in [5.74, 6) is -3.58. The van der Waals surface area contributed by atoms with Gasteiger partial charge in [-0.3, -0.25) is 4.79 Å². The van der Waals surface area contributed by atoms with Crippen molar-refractivity contribution < 1.29 is 23.5 Å². The minimum Gasteiger partial charge on any atom is -0.477 e. The van der Waals surface area contributed by atoms with E-state index in [4.69, 9.17) is 16.3 Å². The van der Waals surface area contributed by atoms with E-state index in [-0.39, 0.29) is 43.6 Å². The zero-order valence-electron chi connectivity index (χ0n) is 20.0. The lowest BCUT2D eigenvalue weighted by molar-refractivity contribution is -0.000439. The van der Waals surface area contributed by atoms with Crippen molar-refractivity contribution >= 4 is 46.4 Å². The number of oxime groups is 1. The Kier molecular flexibility index (Phi) is 6.82. The van der Waals surface area contributed by atoms with Gasteiger partial charge in [0, 0.05) is 30.7 Å². The predicted molar refractivity (Wildman–Crippen MR) is 133 cm³/mol. The molecule has 1 aliphatic carbocycles. The molecule has 2 aliphatic rings. The molecule has 2 fully saturated rings. The molecule has 0 spiro atoms. The molecular formula is C23H30ClF2N5O4. The second kappa shape index (κ2) is 8.94. The molecule has 1 saturated heterocycles. The number of hydrogen-bond donors (Lipinski definition) is 3. The van der Waals surface area contributed by atoms with Crippen molar-refractivity contribution in [3.8, 4) is 0 Å². The first kappa shape index (κ1) is 26.7. The van der Waals surface area contributed by atoms with Crippen molar-refractivity contribution in [3.05, 3.63) is 33.6 Å². The van der Waals surface area contributed by atoms with Gasteiger partial charge in [-0.05, 0) is 33.6 Å². The van der Waals surface area contributed by atoms with Crippen LogP contribution in [-0.2, 0) is 4.84 Å². The maximum Gasteiger partial charge on any atom is 0.341 e. The molecule has 0 bridgehead atoms. The molecule has 1 atom stereocenters. The number of nitrogens with zero attached hydrogens (tertiary/aromatic N) is 3. The van der Waals surface area contributed by atoms with E-state index in [1.807, 2.05) is 27.7 Å². The second-order valence-electron chi connectivity index (χ2n) is 10.3. The molecule has 1 aromatic carbocycles. The molecule has 4 rings (SSSR count). The van der Waals surface area contributed by atoms with Gasteiger partial charge >= 0.3 is 5.97 Å². The predicted octanol–water partition coefficient (Wildman–Crippen LogP) is 3.27. The van der Waals surface area contributed by atoms with Gasteiger partial charge < -0.3 is 30.9 Å². The van der Waals surface area contributed by atoms with Crippen molar-refractivity contribution in [3.63, 3.8) is 0 Å². The van der Waals surface area contributed by atoms with Crippen molar-refractivity contribution in [1.82, 2.24) is 4.57 Å². The molecular weight excluding hydrogens is 484 g/mol. The number of aromatic nitrogens is 1. The number of carboxylic acid groups (broad SMARTS) is 1. The maximum atomic E-state index is 16.0. The van der Waals surface area contributed by atoms with E-state index >= 15 is 8.78 Å². The van der Waals surface area contributed by atoms with Crippen LogP contribution in [0.3, 0.4) is 0 Å². The Balaban J connectivity index is 0.00000342. The fraction of sp³-hybridized carbons (Fsp3) is 0.522. The van der Waals surface area contributed by atoms with Crippen LogP contribution in [0.4, 0.5) is 20.2 Å². The lowest BCUT2D eigenvalue weighted by Gasteiger charge is -2.25. The number of carbonyl (C=O) groups is 1. The molecule has 192 valence electrons. The third kappa shape index (κ3) is 4.54. The largest absolute Gasteiger partial charge is 0.477 e. The first-order valence-corrected chi connectivity index (χ1v) is 11.1. The topological polar surface area (TPSA) is 136 Å². The molecule has 1 saturated carbocycles. The molecule has 12 heteroatoms. The average Bonchev–Trinajstić information content (AvgIpc) is 3.53. The molecule has 1 aromatic heterocycles. The minimum atomic E-state index is -1.48. The number of rotatable bonds is 5. The number of aromatic carboxylic acids is 1.